The normalized spacial score (nSPS) is 12.0. The number of benzene rings is 1. The van der Waals surface area contributed by atoms with Crippen LogP contribution in [0.3, 0.4) is 0 Å². The SMILES string of the molecule is CC(C)c1nc2ccccc2c2nnc(SCC(=O)N(C(C)C)C(C)C)n12. The van der Waals surface area contributed by atoms with Crippen molar-refractivity contribution in [3.63, 3.8) is 0 Å². The maximum absolute atomic E-state index is 12.7. The van der Waals surface area contributed by atoms with Crippen LogP contribution in [0, 0.1) is 0 Å². The molecule has 3 rings (SSSR count). The van der Waals surface area contributed by atoms with Gasteiger partial charge >= 0.3 is 0 Å². The molecular weight excluding hydrogens is 358 g/mol. The molecule has 0 N–H and O–H groups in total. The van der Waals surface area contributed by atoms with Crippen LogP contribution in [0.1, 0.15) is 53.3 Å². The first-order chi connectivity index (χ1) is 12.8. The van der Waals surface area contributed by atoms with Gasteiger partial charge in [0.25, 0.3) is 0 Å². The summed E-state index contributed by atoms with van der Waals surface area (Å²) >= 11 is 1.43. The lowest BCUT2D eigenvalue weighted by molar-refractivity contribution is -0.131. The molecule has 0 spiro atoms. The van der Waals surface area contributed by atoms with Gasteiger partial charge in [-0.2, -0.15) is 0 Å². The maximum Gasteiger partial charge on any atom is 0.233 e. The van der Waals surface area contributed by atoms with Gasteiger partial charge in [0.15, 0.2) is 10.8 Å². The van der Waals surface area contributed by atoms with E-state index in [1.165, 1.54) is 11.8 Å². The number of para-hydroxylation sites is 1. The molecule has 144 valence electrons. The van der Waals surface area contributed by atoms with Gasteiger partial charge in [0.1, 0.15) is 5.82 Å². The van der Waals surface area contributed by atoms with Crippen molar-refractivity contribution in [3.05, 3.63) is 30.1 Å². The summed E-state index contributed by atoms with van der Waals surface area (Å²) < 4.78 is 2.00. The van der Waals surface area contributed by atoms with Crippen LogP contribution < -0.4 is 0 Å². The number of hydrogen-bond donors (Lipinski definition) is 0. The first-order valence-corrected chi connectivity index (χ1v) is 10.4. The Morgan fingerprint density at radius 3 is 2.37 bits per heavy atom. The summed E-state index contributed by atoms with van der Waals surface area (Å²) in [7, 11) is 0. The molecule has 1 aromatic carbocycles. The minimum absolute atomic E-state index is 0.113. The van der Waals surface area contributed by atoms with Crippen LogP contribution in [0.2, 0.25) is 0 Å². The third-order valence-corrected chi connectivity index (χ3v) is 5.40. The van der Waals surface area contributed by atoms with Crippen LogP contribution in [0.15, 0.2) is 29.4 Å². The first kappa shape index (κ1) is 19.6. The highest BCUT2D eigenvalue weighted by Gasteiger charge is 2.22. The lowest BCUT2D eigenvalue weighted by atomic mass is 10.2. The molecule has 1 amide bonds. The second-order valence-electron chi connectivity index (χ2n) is 7.56. The summed E-state index contributed by atoms with van der Waals surface area (Å²) in [6, 6.07) is 8.31. The monoisotopic (exact) mass is 385 g/mol. The van der Waals surface area contributed by atoms with Crippen molar-refractivity contribution in [1.29, 1.82) is 0 Å². The molecule has 3 aromatic rings. The summed E-state index contributed by atoms with van der Waals surface area (Å²) in [5.74, 6) is 1.57. The van der Waals surface area contributed by atoms with Crippen molar-refractivity contribution in [1.82, 2.24) is 24.5 Å². The summed E-state index contributed by atoms with van der Waals surface area (Å²) in [6.07, 6.45) is 0. The van der Waals surface area contributed by atoms with Crippen LogP contribution in [0.25, 0.3) is 16.6 Å². The predicted molar refractivity (Wildman–Crippen MR) is 110 cm³/mol. The number of aromatic nitrogens is 4. The molecule has 0 unspecified atom stereocenters. The lowest BCUT2D eigenvalue weighted by Gasteiger charge is -2.30. The molecule has 2 aromatic heterocycles. The Kier molecular flexibility index (Phi) is 5.69. The number of amides is 1. The Morgan fingerprint density at radius 1 is 1.07 bits per heavy atom. The highest BCUT2D eigenvalue weighted by atomic mass is 32.2. The van der Waals surface area contributed by atoms with Gasteiger partial charge < -0.3 is 4.90 Å². The standard InChI is InChI=1S/C20H27N5OS/c1-12(2)18-21-16-10-8-7-9-15(16)19-22-23-20(25(18)19)27-11-17(26)24(13(3)4)14(5)6/h7-10,12-14H,11H2,1-6H3. The lowest BCUT2D eigenvalue weighted by Crippen LogP contribution is -2.43. The van der Waals surface area contributed by atoms with E-state index in [1.54, 1.807) is 0 Å². The van der Waals surface area contributed by atoms with E-state index in [1.807, 2.05) is 61.3 Å². The number of hydrogen-bond acceptors (Lipinski definition) is 5. The number of nitrogens with zero attached hydrogens (tertiary/aromatic N) is 5. The number of carbonyl (C=O) groups is 1. The second-order valence-corrected chi connectivity index (χ2v) is 8.50. The van der Waals surface area contributed by atoms with E-state index >= 15 is 0 Å². The molecule has 0 aliphatic heterocycles. The highest BCUT2D eigenvalue weighted by Crippen LogP contribution is 2.27. The predicted octanol–water partition coefficient (Wildman–Crippen LogP) is 4.14. The van der Waals surface area contributed by atoms with Crippen molar-refractivity contribution in [2.24, 2.45) is 0 Å². The van der Waals surface area contributed by atoms with Crippen molar-refractivity contribution in [2.45, 2.75) is 64.7 Å². The fourth-order valence-electron chi connectivity index (χ4n) is 3.44. The summed E-state index contributed by atoms with van der Waals surface area (Å²) in [4.78, 5) is 19.5. The largest absolute Gasteiger partial charge is 0.337 e. The van der Waals surface area contributed by atoms with Gasteiger partial charge in [0, 0.05) is 23.4 Å². The quantitative estimate of drug-likeness (QED) is 0.597. The highest BCUT2D eigenvalue weighted by molar-refractivity contribution is 7.99. The molecule has 0 aliphatic rings. The van der Waals surface area contributed by atoms with Gasteiger partial charge in [-0.15, -0.1) is 10.2 Å². The van der Waals surface area contributed by atoms with E-state index in [4.69, 9.17) is 4.98 Å². The van der Waals surface area contributed by atoms with Crippen molar-refractivity contribution in [2.75, 3.05) is 5.75 Å². The summed E-state index contributed by atoms with van der Waals surface area (Å²) in [5, 5.41) is 10.5. The van der Waals surface area contributed by atoms with E-state index in [9.17, 15) is 4.79 Å². The first-order valence-electron chi connectivity index (χ1n) is 9.39. The Labute approximate surface area is 164 Å². The van der Waals surface area contributed by atoms with Crippen LogP contribution in [0.4, 0.5) is 0 Å². The molecule has 7 heteroatoms. The van der Waals surface area contributed by atoms with Gasteiger partial charge in [-0.1, -0.05) is 37.7 Å². The molecule has 0 aliphatic carbocycles. The minimum Gasteiger partial charge on any atom is -0.337 e. The van der Waals surface area contributed by atoms with Crippen molar-refractivity contribution >= 4 is 34.2 Å². The van der Waals surface area contributed by atoms with E-state index in [2.05, 4.69) is 24.0 Å². The van der Waals surface area contributed by atoms with E-state index in [0.29, 0.717) is 10.9 Å². The number of rotatable bonds is 6. The van der Waals surface area contributed by atoms with Gasteiger partial charge in [0.2, 0.25) is 5.91 Å². The molecule has 6 nitrogen and oxygen atoms in total. The minimum atomic E-state index is 0.113. The van der Waals surface area contributed by atoms with E-state index in [-0.39, 0.29) is 23.9 Å². The molecule has 0 saturated carbocycles. The zero-order valence-electron chi connectivity index (χ0n) is 16.8. The Bertz CT molecular complexity index is 956. The summed E-state index contributed by atoms with van der Waals surface area (Å²) in [6.45, 7) is 12.4. The van der Waals surface area contributed by atoms with Crippen molar-refractivity contribution in [3.8, 4) is 0 Å². The third kappa shape index (κ3) is 3.78. The molecule has 27 heavy (non-hydrogen) atoms. The maximum atomic E-state index is 12.7. The van der Waals surface area contributed by atoms with Crippen LogP contribution in [-0.4, -0.2) is 48.2 Å². The van der Waals surface area contributed by atoms with E-state index in [0.717, 1.165) is 22.4 Å². The molecule has 0 atom stereocenters. The third-order valence-electron chi connectivity index (χ3n) is 4.48. The molecule has 0 radical (unpaired) electrons. The number of thioether (sulfide) groups is 1. The number of carbonyl (C=O) groups excluding carboxylic acids is 1. The van der Waals surface area contributed by atoms with Crippen LogP contribution in [0.5, 0.6) is 0 Å². The van der Waals surface area contributed by atoms with Gasteiger partial charge in [-0.3, -0.25) is 9.20 Å². The van der Waals surface area contributed by atoms with Crippen molar-refractivity contribution < 1.29 is 4.79 Å². The topological polar surface area (TPSA) is 63.4 Å². The van der Waals surface area contributed by atoms with E-state index < -0.39 is 0 Å². The van der Waals surface area contributed by atoms with Gasteiger partial charge in [-0.05, 0) is 39.8 Å². The zero-order valence-corrected chi connectivity index (χ0v) is 17.6. The van der Waals surface area contributed by atoms with Gasteiger partial charge in [0.05, 0.1) is 11.3 Å². The van der Waals surface area contributed by atoms with Crippen LogP contribution in [-0.2, 0) is 4.79 Å². The fraction of sp³-hybridized carbons (Fsp3) is 0.500. The Balaban J connectivity index is 1.98. The van der Waals surface area contributed by atoms with Crippen LogP contribution >= 0.6 is 11.8 Å². The molecule has 0 bridgehead atoms. The van der Waals surface area contributed by atoms with Gasteiger partial charge in [-0.25, -0.2) is 4.98 Å². The molecule has 0 fully saturated rings. The Hall–Kier alpha value is -2.15. The number of fused-ring (bicyclic) bond motifs is 3. The fourth-order valence-corrected chi connectivity index (χ4v) is 4.25. The average Bonchev–Trinajstić information content (AvgIpc) is 3.02. The summed E-state index contributed by atoms with van der Waals surface area (Å²) in [5.41, 5.74) is 1.71. The Morgan fingerprint density at radius 2 is 1.74 bits per heavy atom. The zero-order chi connectivity index (χ0) is 19.7. The smallest absolute Gasteiger partial charge is 0.233 e. The average molecular weight is 386 g/mol. The second kappa shape index (κ2) is 7.84. The molecular formula is C20H27N5OS. The molecule has 0 saturated heterocycles. The molecule has 2 heterocycles.